The summed E-state index contributed by atoms with van der Waals surface area (Å²) >= 11 is 0. The number of rotatable bonds is 11. The van der Waals surface area contributed by atoms with E-state index >= 15 is 0 Å². The number of hydrogen-bond donors (Lipinski definition) is 0. The normalized spacial score (nSPS) is 18.7. The van der Waals surface area contributed by atoms with Crippen molar-refractivity contribution in [2.24, 2.45) is 0 Å². The van der Waals surface area contributed by atoms with Gasteiger partial charge < -0.3 is 0 Å². The molecule has 0 unspecified atom stereocenters. The van der Waals surface area contributed by atoms with Crippen LogP contribution >= 0.6 is 0 Å². The van der Waals surface area contributed by atoms with Crippen LogP contribution in [0.1, 0.15) is 77.6 Å². The van der Waals surface area contributed by atoms with E-state index in [2.05, 4.69) is 15.3 Å². The fraction of sp³-hybridized carbons (Fsp3) is 1.00. The van der Waals surface area contributed by atoms with Crippen molar-refractivity contribution in [3.05, 3.63) is 0 Å². The van der Waals surface area contributed by atoms with E-state index in [0.29, 0.717) is 6.42 Å². The molecule has 1 rings (SSSR count). The third-order valence-corrected chi connectivity index (χ3v) is 4.14. The summed E-state index contributed by atoms with van der Waals surface area (Å²) in [7, 11) is -3.59. The molecule has 0 spiro atoms. The Morgan fingerprint density at radius 2 is 1.22 bits per heavy atom. The van der Waals surface area contributed by atoms with Gasteiger partial charge in [0.2, 0.25) is 0 Å². The van der Waals surface area contributed by atoms with E-state index in [0.717, 1.165) is 12.8 Å². The SMILES string of the molecule is CCCCCCCCCCCCC1OS(=O)(=O)O1. The lowest BCUT2D eigenvalue weighted by Gasteiger charge is -2.24. The first-order chi connectivity index (χ1) is 8.64. The Balaban J connectivity index is 1.74. The van der Waals surface area contributed by atoms with Crippen LogP contribution in [-0.2, 0) is 18.8 Å². The molecule has 1 heterocycles. The zero-order valence-corrected chi connectivity index (χ0v) is 12.2. The van der Waals surface area contributed by atoms with Crippen LogP contribution in [-0.4, -0.2) is 14.7 Å². The fourth-order valence-corrected chi connectivity index (χ4v) is 2.90. The van der Waals surface area contributed by atoms with Crippen molar-refractivity contribution < 1.29 is 16.8 Å². The van der Waals surface area contributed by atoms with Crippen LogP contribution in [0.4, 0.5) is 0 Å². The Bertz CT molecular complexity index is 288. The monoisotopic (exact) mass is 278 g/mol. The molecule has 0 bridgehead atoms. The first-order valence-electron chi connectivity index (χ1n) is 7.25. The van der Waals surface area contributed by atoms with Gasteiger partial charge >= 0.3 is 10.4 Å². The maximum Gasteiger partial charge on any atom is 0.404 e. The molecule has 1 aliphatic rings. The summed E-state index contributed by atoms with van der Waals surface area (Å²) < 4.78 is 30.2. The Morgan fingerprint density at radius 1 is 0.778 bits per heavy atom. The van der Waals surface area contributed by atoms with Crippen LogP contribution in [0, 0.1) is 0 Å². The Labute approximate surface area is 111 Å². The van der Waals surface area contributed by atoms with Crippen molar-refractivity contribution in [3.63, 3.8) is 0 Å². The second kappa shape index (κ2) is 8.88. The Morgan fingerprint density at radius 3 is 1.67 bits per heavy atom. The highest BCUT2D eigenvalue weighted by Gasteiger charge is 2.35. The highest BCUT2D eigenvalue weighted by Crippen LogP contribution is 2.23. The van der Waals surface area contributed by atoms with Crippen molar-refractivity contribution in [1.29, 1.82) is 0 Å². The Hall–Kier alpha value is -0.130. The predicted octanol–water partition coefficient (Wildman–Crippen LogP) is 3.92. The first-order valence-corrected chi connectivity index (χ1v) is 8.59. The number of hydrogen-bond acceptors (Lipinski definition) is 4. The van der Waals surface area contributed by atoms with Gasteiger partial charge in [0.25, 0.3) is 0 Å². The van der Waals surface area contributed by atoms with Crippen LogP contribution in [0.5, 0.6) is 0 Å². The lowest BCUT2D eigenvalue weighted by Crippen LogP contribution is -2.35. The van der Waals surface area contributed by atoms with Crippen molar-refractivity contribution in [1.82, 2.24) is 0 Å². The lowest BCUT2D eigenvalue weighted by molar-refractivity contribution is -0.0842. The molecular weight excluding hydrogens is 252 g/mol. The highest BCUT2D eigenvalue weighted by molar-refractivity contribution is 7.82. The average molecular weight is 278 g/mol. The number of unbranched alkanes of at least 4 members (excludes halogenated alkanes) is 9. The van der Waals surface area contributed by atoms with Crippen molar-refractivity contribution in [2.75, 3.05) is 0 Å². The molecule has 18 heavy (non-hydrogen) atoms. The standard InChI is InChI=1S/C13H26O4S/c1-2-3-4-5-6-7-8-9-10-11-12-13-16-18(14,15)17-13/h13H,2-12H2,1H3. The van der Waals surface area contributed by atoms with Crippen LogP contribution < -0.4 is 0 Å². The van der Waals surface area contributed by atoms with Crippen LogP contribution in [0.3, 0.4) is 0 Å². The summed E-state index contributed by atoms with van der Waals surface area (Å²) in [5.74, 6) is 0. The molecule has 0 aromatic heterocycles. The zero-order valence-electron chi connectivity index (χ0n) is 11.4. The molecule has 0 aliphatic carbocycles. The summed E-state index contributed by atoms with van der Waals surface area (Å²) in [6.45, 7) is 2.24. The minimum absolute atomic E-state index is 0.510. The molecule has 1 fully saturated rings. The molecule has 108 valence electrons. The third kappa shape index (κ3) is 7.34. The van der Waals surface area contributed by atoms with Crippen molar-refractivity contribution in [2.45, 2.75) is 83.8 Å². The van der Waals surface area contributed by atoms with E-state index in [1.54, 1.807) is 0 Å². The summed E-state index contributed by atoms with van der Waals surface area (Å²) in [6, 6.07) is 0. The lowest BCUT2D eigenvalue weighted by atomic mass is 10.1. The van der Waals surface area contributed by atoms with Gasteiger partial charge in [-0.1, -0.05) is 64.7 Å². The van der Waals surface area contributed by atoms with Gasteiger partial charge in [-0.2, -0.15) is 8.42 Å². The van der Waals surface area contributed by atoms with E-state index < -0.39 is 16.7 Å². The second-order valence-electron chi connectivity index (χ2n) is 5.00. The molecule has 0 atom stereocenters. The average Bonchev–Trinajstić information content (AvgIpc) is 2.29. The van der Waals surface area contributed by atoms with Gasteiger partial charge in [0.15, 0.2) is 6.29 Å². The quantitative estimate of drug-likeness (QED) is 0.538. The predicted molar refractivity (Wildman–Crippen MR) is 71.3 cm³/mol. The molecule has 0 aromatic rings. The molecule has 1 aliphatic heterocycles. The van der Waals surface area contributed by atoms with Gasteiger partial charge in [-0.25, -0.2) is 8.37 Å². The van der Waals surface area contributed by atoms with E-state index in [-0.39, 0.29) is 0 Å². The third-order valence-electron chi connectivity index (χ3n) is 3.24. The van der Waals surface area contributed by atoms with E-state index in [1.807, 2.05) is 0 Å². The van der Waals surface area contributed by atoms with Gasteiger partial charge in [0.1, 0.15) is 0 Å². The van der Waals surface area contributed by atoms with Crippen molar-refractivity contribution in [3.8, 4) is 0 Å². The van der Waals surface area contributed by atoms with Crippen LogP contribution in [0.2, 0.25) is 0 Å². The molecule has 4 nitrogen and oxygen atoms in total. The molecule has 0 amide bonds. The first kappa shape index (κ1) is 15.9. The minimum atomic E-state index is -3.59. The highest BCUT2D eigenvalue weighted by atomic mass is 32.3. The largest absolute Gasteiger partial charge is 0.404 e. The molecule has 0 saturated carbocycles. The van der Waals surface area contributed by atoms with Gasteiger partial charge in [-0.05, 0) is 6.42 Å². The van der Waals surface area contributed by atoms with Gasteiger partial charge in [0, 0.05) is 6.42 Å². The maximum absolute atomic E-state index is 10.5. The molecule has 0 aromatic carbocycles. The molecule has 1 saturated heterocycles. The smallest absolute Gasteiger partial charge is 0.215 e. The zero-order chi connectivity index (χ0) is 13.3. The molecular formula is C13H26O4S. The summed E-state index contributed by atoms with van der Waals surface area (Å²) in [4.78, 5) is 0. The second-order valence-corrected chi connectivity index (χ2v) is 6.20. The van der Waals surface area contributed by atoms with Crippen LogP contribution in [0.25, 0.3) is 0 Å². The molecule has 0 radical (unpaired) electrons. The van der Waals surface area contributed by atoms with E-state index in [4.69, 9.17) is 0 Å². The summed E-state index contributed by atoms with van der Waals surface area (Å²) in [5, 5.41) is 0. The molecule has 5 heteroatoms. The topological polar surface area (TPSA) is 52.6 Å². The fourth-order valence-electron chi connectivity index (χ4n) is 2.16. The van der Waals surface area contributed by atoms with Crippen molar-refractivity contribution >= 4 is 10.4 Å². The Kier molecular flexibility index (Phi) is 7.86. The maximum atomic E-state index is 10.5. The minimum Gasteiger partial charge on any atom is -0.215 e. The van der Waals surface area contributed by atoms with Gasteiger partial charge in [0.05, 0.1) is 0 Å². The van der Waals surface area contributed by atoms with Gasteiger partial charge in [-0.3, -0.25) is 0 Å². The summed E-state index contributed by atoms with van der Waals surface area (Å²) in [5.41, 5.74) is 0. The van der Waals surface area contributed by atoms with Gasteiger partial charge in [-0.15, -0.1) is 0 Å². The van der Waals surface area contributed by atoms with E-state index in [1.165, 1.54) is 51.4 Å². The molecule has 0 N–H and O–H groups in total. The van der Waals surface area contributed by atoms with Crippen LogP contribution in [0.15, 0.2) is 0 Å². The summed E-state index contributed by atoms with van der Waals surface area (Å²) in [6.07, 6.45) is 12.9. The van der Waals surface area contributed by atoms with E-state index in [9.17, 15) is 8.42 Å².